The zero-order valence-corrected chi connectivity index (χ0v) is 20.7. The van der Waals surface area contributed by atoms with E-state index in [0.29, 0.717) is 24.3 Å². The van der Waals surface area contributed by atoms with E-state index < -0.39 is 22.6 Å². The summed E-state index contributed by atoms with van der Waals surface area (Å²) in [7, 11) is 4.70. The number of hydrogen-bond donors (Lipinski definition) is 0. The molecule has 1 aliphatic rings. The number of nitrogens with zero attached hydrogens (tertiary/aromatic N) is 2. The average Bonchev–Trinajstić information content (AvgIpc) is 3.21. The molecular weight excluding hydrogens is 472 g/mol. The normalized spacial score (nSPS) is 17.4. The molecule has 1 heterocycles. The molecule has 2 aromatic rings. The van der Waals surface area contributed by atoms with Crippen molar-refractivity contribution in [2.75, 3.05) is 34.4 Å². The monoisotopic (exact) mass is 500 g/mol. The number of rotatable bonds is 9. The van der Waals surface area contributed by atoms with E-state index in [-0.39, 0.29) is 46.9 Å². The second kappa shape index (κ2) is 11.2. The van der Waals surface area contributed by atoms with Crippen LogP contribution in [0.15, 0.2) is 30.3 Å². The Labute approximate surface area is 208 Å². The standard InChI is InChI=1S/C25H28N2O9/c1-14(28)22-20(33-4)12-21(34-5)23(18-9-10-26(3)19(18)13-35-15(2)29)24(22)36-25(30)16-7-6-8-17(11-16)27(31)32/h6-8,11-12,18-19H,9-10,13H2,1-5H3. The first kappa shape index (κ1) is 26.6. The van der Waals surface area contributed by atoms with Crippen LogP contribution >= 0.6 is 0 Å². The molecule has 2 aromatic carbocycles. The number of non-ortho nitro benzene ring substituents is 1. The molecule has 1 fully saturated rings. The minimum atomic E-state index is -0.888. The lowest BCUT2D eigenvalue weighted by Gasteiger charge is -2.28. The maximum atomic E-state index is 13.2. The fraction of sp³-hybridized carbons (Fsp3) is 0.400. The Morgan fingerprint density at radius 2 is 1.81 bits per heavy atom. The van der Waals surface area contributed by atoms with Crippen molar-refractivity contribution >= 4 is 23.4 Å². The van der Waals surface area contributed by atoms with Crippen LogP contribution in [0.25, 0.3) is 0 Å². The maximum absolute atomic E-state index is 13.2. The Morgan fingerprint density at radius 1 is 1.11 bits per heavy atom. The highest BCUT2D eigenvalue weighted by Crippen LogP contribution is 2.48. The van der Waals surface area contributed by atoms with Gasteiger partial charge < -0.3 is 18.9 Å². The van der Waals surface area contributed by atoms with Crippen LogP contribution in [-0.2, 0) is 9.53 Å². The Kier molecular flexibility index (Phi) is 8.25. The van der Waals surface area contributed by atoms with Gasteiger partial charge in [0.1, 0.15) is 23.7 Å². The van der Waals surface area contributed by atoms with Crippen molar-refractivity contribution < 1.29 is 38.3 Å². The van der Waals surface area contributed by atoms with Gasteiger partial charge in [0, 0.05) is 36.6 Å². The molecule has 2 unspecified atom stereocenters. The minimum absolute atomic E-state index is 0.0351. The van der Waals surface area contributed by atoms with Gasteiger partial charge in [-0.1, -0.05) is 6.07 Å². The summed E-state index contributed by atoms with van der Waals surface area (Å²) in [4.78, 5) is 50.0. The molecular formula is C25H28N2O9. The molecule has 0 saturated carbocycles. The SMILES string of the molecule is COc1cc(OC)c(C2CCN(C)C2COC(C)=O)c(OC(=O)c2cccc([N+](=O)[O-])c2)c1C(C)=O. The van der Waals surface area contributed by atoms with Crippen LogP contribution < -0.4 is 14.2 Å². The van der Waals surface area contributed by atoms with Gasteiger partial charge in [-0.15, -0.1) is 0 Å². The number of carbonyl (C=O) groups is 3. The van der Waals surface area contributed by atoms with Gasteiger partial charge in [-0.2, -0.15) is 0 Å². The molecule has 192 valence electrons. The fourth-order valence-electron chi connectivity index (χ4n) is 4.44. The number of likely N-dealkylation sites (N-methyl/N-ethyl adjacent to an activating group) is 1. The number of carbonyl (C=O) groups excluding carboxylic acids is 3. The van der Waals surface area contributed by atoms with E-state index in [4.69, 9.17) is 18.9 Å². The van der Waals surface area contributed by atoms with Gasteiger partial charge in [0.2, 0.25) is 0 Å². The molecule has 0 spiro atoms. The van der Waals surface area contributed by atoms with Crippen molar-refractivity contribution in [2.24, 2.45) is 0 Å². The first-order chi connectivity index (χ1) is 17.1. The van der Waals surface area contributed by atoms with Crippen molar-refractivity contribution in [2.45, 2.75) is 32.2 Å². The number of nitro benzene ring substituents is 1. The largest absolute Gasteiger partial charge is 0.496 e. The molecule has 3 rings (SSSR count). The zero-order chi connectivity index (χ0) is 26.6. The highest BCUT2D eigenvalue weighted by molar-refractivity contribution is 6.02. The van der Waals surface area contributed by atoms with Crippen molar-refractivity contribution in [3.63, 3.8) is 0 Å². The summed E-state index contributed by atoms with van der Waals surface area (Å²) in [6.07, 6.45) is 0.601. The Bertz CT molecular complexity index is 1190. The third-order valence-corrected chi connectivity index (χ3v) is 6.18. The number of benzene rings is 2. The summed E-state index contributed by atoms with van der Waals surface area (Å²) in [6.45, 7) is 3.37. The molecule has 0 amide bonds. The molecule has 0 N–H and O–H groups in total. The Balaban J connectivity index is 2.19. The lowest BCUT2D eigenvalue weighted by molar-refractivity contribution is -0.384. The number of methoxy groups -OCH3 is 2. The van der Waals surface area contributed by atoms with Crippen LogP contribution in [-0.4, -0.2) is 68.0 Å². The van der Waals surface area contributed by atoms with Crippen molar-refractivity contribution in [1.82, 2.24) is 4.90 Å². The highest BCUT2D eigenvalue weighted by Gasteiger charge is 2.40. The molecule has 0 bridgehead atoms. The fourth-order valence-corrected chi connectivity index (χ4v) is 4.44. The number of hydrogen-bond acceptors (Lipinski definition) is 10. The molecule has 0 aliphatic carbocycles. The molecule has 1 saturated heterocycles. The number of esters is 2. The summed E-state index contributed by atoms with van der Waals surface area (Å²) >= 11 is 0. The van der Waals surface area contributed by atoms with Crippen LogP contribution in [0.2, 0.25) is 0 Å². The maximum Gasteiger partial charge on any atom is 0.343 e. The lowest BCUT2D eigenvalue weighted by Crippen LogP contribution is -2.34. The van der Waals surface area contributed by atoms with E-state index in [1.165, 1.54) is 46.3 Å². The van der Waals surface area contributed by atoms with E-state index in [1.807, 2.05) is 11.9 Å². The van der Waals surface area contributed by atoms with E-state index in [2.05, 4.69) is 0 Å². The predicted molar refractivity (Wildman–Crippen MR) is 128 cm³/mol. The summed E-state index contributed by atoms with van der Waals surface area (Å²) in [6, 6.07) is 6.37. The van der Waals surface area contributed by atoms with Crippen LogP contribution in [0.5, 0.6) is 17.2 Å². The number of ketones is 1. The average molecular weight is 501 g/mol. The highest BCUT2D eigenvalue weighted by atomic mass is 16.6. The van der Waals surface area contributed by atoms with E-state index >= 15 is 0 Å². The van der Waals surface area contributed by atoms with E-state index in [1.54, 1.807) is 6.07 Å². The smallest absolute Gasteiger partial charge is 0.343 e. The van der Waals surface area contributed by atoms with E-state index in [0.717, 1.165) is 6.07 Å². The van der Waals surface area contributed by atoms with Gasteiger partial charge >= 0.3 is 11.9 Å². The summed E-state index contributed by atoms with van der Waals surface area (Å²) in [5, 5.41) is 11.2. The van der Waals surface area contributed by atoms with Crippen LogP contribution in [0.4, 0.5) is 5.69 Å². The first-order valence-electron chi connectivity index (χ1n) is 11.2. The topological polar surface area (TPSA) is 135 Å². The number of nitro groups is 1. The molecule has 2 atom stereocenters. The minimum Gasteiger partial charge on any atom is -0.496 e. The van der Waals surface area contributed by atoms with Crippen molar-refractivity contribution in [3.8, 4) is 17.2 Å². The van der Waals surface area contributed by atoms with Gasteiger partial charge in [0.25, 0.3) is 5.69 Å². The van der Waals surface area contributed by atoms with Crippen LogP contribution in [0.1, 0.15) is 52.5 Å². The van der Waals surface area contributed by atoms with Crippen molar-refractivity contribution in [1.29, 1.82) is 0 Å². The van der Waals surface area contributed by atoms with Gasteiger partial charge in [0.15, 0.2) is 11.5 Å². The molecule has 1 aliphatic heterocycles. The Hall–Kier alpha value is -3.99. The quantitative estimate of drug-likeness (QED) is 0.166. The Morgan fingerprint density at radius 3 is 2.39 bits per heavy atom. The van der Waals surface area contributed by atoms with Gasteiger partial charge in [-0.25, -0.2) is 4.79 Å². The van der Waals surface area contributed by atoms with E-state index in [9.17, 15) is 24.5 Å². The van der Waals surface area contributed by atoms with Gasteiger partial charge in [0.05, 0.1) is 30.7 Å². The van der Waals surface area contributed by atoms with Gasteiger partial charge in [-0.05, 0) is 33.0 Å². The molecule has 11 heteroatoms. The number of Topliss-reactive ketones (excluding diaryl/α,β-unsaturated/α-hetero) is 1. The van der Waals surface area contributed by atoms with Gasteiger partial charge in [-0.3, -0.25) is 24.6 Å². The van der Waals surface area contributed by atoms with Crippen LogP contribution in [0.3, 0.4) is 0 Å². The molecule has 0 aromatic heterocycles. The number of ether oxygens (including phenoxy) is 4. The second-order valence-electron chi connectivity index (χ2n) is 8.40. The second-order valence-corrected chi connectivity index (χ2v) is 8.40. The number of likely N-dealkylation sites (tertiary alicyclic amines) is 1. The first-order valence-corrected chi connectivity index (χ1v) is 11.2. The molecule has 36 heavy (non-hydrogen) atoms. The van der Waals surface area contributed by atoms with Crippen LogP contribution in [0, 0.1) is 10.1 Å². The third-order valence-electron chi connectivity index (χ3n) is 6.18. The predicted octanol–water partition coefficient (Wildman–Crippen LogP) is 3.38. The third kappa shape index (κ3) is 5.46. The summed E-state index contributed by atoms with van der Waals surface area (Å²) in [5.41, 5.74) is 0.140. The lowest BCUT2D eigenvalue weighted by atomic mass is 9.87. The zero-order valence-electron chi connectivity index (χ0n) is 20.7. The molecule has 11 nitrogen and oxygen atoms in total. The molecule has 0 radical (unpaired) electrons. The van der Waals surface area contributed by atoms with Crippen molar-refractivity contribution in [3.05, 3.63) is 57.1 Å². The summed E-state index contributed by atoms with van der Waals surface area (Å²) < 4.78 is 22.1. The summed E-state index contributed by atoms with van der Waals surface area (Å²) in [5.74, 6) is -1.65.